The predicted molar refractivity (Wildman–Crippen MR) is 85.1 cm³/mol. The summed E-state index contributed by atoms with van der Waals surface area (Å²) in [5, 5.41) is 1.08. The van der Waals surface area contributed by atoms with Crippen molar-refractivity contribution >= 4 is 20.7 Å². The third kappa shape index (κ3) is 2.59. The fraction of sp³-hybridized carbons (Fsp3) is 0.176. The Labute approximate surface area is 124 Å². The minimum absolute atomic E-state index is 0.00340. The van der Waals surface area contributed by atoms with Crippen molar-refractivity contribution in [3.05, 3.63) is 65.4 Å². The lowest BCUT2D eigenvalue weighted by Crippen LogP contribution is -2.06. The lowest BCUT2D eigenvalue weighted by molar-refractivity contribution is 0.594. The van der Waals surface area contributed by atoms with Crippen LogP contribution in [-0.4, -0.2) is 13.4 Å². The molecule has 1 N–H and O–H groups in total. The first-order chi connectivity index (χ1) is 9.97. The third-order valence-corrected chi connectivity index (χ3v) is 5.44. The summed E-state index contributed by atoms with van der Waals surface area (Å²) in [5.41, 5.74) is 3.79. The van der Waals surface area contributed by atoms with E-state index in [1.54, 1.807) is 12.1 Å². The van der Waals surface area contributed by atoms with E-state index in [1.807, 2.05) is 50.2 Å². The number of aromatic amines is 1. The monoisotopic (exact) mass is 299 g/mol. The van der Waals surface area contributed by atoms with Crippen LogP contribution in [0.15, 0.2) is 53.4 Å². The van der Waals surface area contributed by atoms with Gasteiger partial charge in [0.15, 0.2) is 9.84 Å². The van der Waals surface area contributed by atoms with Gasteiger partial charge in [-0.1, -0.05) is 35.9 Å². The zero-order valence-electron chi connectivity index (χ0n) is 12.1. The molecule has 4 heteroatoms. The first kappa shape index (κ1) is 13.9. The van der Waals surface area contributed by atoms with E-state index in [9.17, 15) is 8.42 Å². The van der Waals surface area contributed by atoms with Crippen molar-refractivity contribution in [3.8, 4) is 0 Å². The van der Waals surface area contributed by atoms with E-state index in [4.69, 9.17) is 0 Å². The SMILES string of the molecule is Cc1ccc(S(=O)(=O)Cc2[nH]c3ccccc3c2C)cc1. The molecule has 2 aromatic carbocycles. The van der Waals surface area contributed by atoms with Gasteiger partial charge in [0.1, 0.15) is 0 Å². The molecule has 3 nitrogen and oxygen atoms in total. The van der Waals surface area contributed by atoms with Crippen molar-refractivity contribution in [1.29, 1.82) is 0 Å². The van der Waals surface area contributed by atoms with Crippen molar-refractivity contribution < 1.29 is 8.42 Å². The van der Waals surface area contributed by atoms with E-state index < -0.39 is 9.84 Å². The topological polar surface area (TPSA) is 49.9 Å². The van der Waals surface area contributed by atoms with Crippen LogP contribution in [0.25, 0.3) is 10.9 Å². The van der Waals surface area contributed by atoms with Gasteiger partial charge in [0.25, 0.3) is 0 Å². The van der Waals surface area contributed by atoms with E-state index in [1.165, 1.54) is 0 Å². The molecule has 3 rings (SSSR count). The highest BCUT2D eigenvalue weighted by Crippen LogP contribution is 2.25. The second kappa shape index (κ2) is 5.04. The Morgan fingerprint density at radius 2 is 1.62 bits per heavy atom. The largest absolute Gasteiger partial charge is 0.357 e. The highest BCUT2D eigenvalue weighted by atomic mass is 32.2. The van der Waals surface area contributed by atoms with Crippen LogP contribution in [0.4, 0.5) is 0 Å². The second-order valence-corrected chi connectivity index (χ2v) is 7.34. The van der Waals surface area contributed by atoms with Crippen LogP contribution < -0.4 is 0 Å². The number of H-pyrrole nitrogens is 1. The maximum absolute atomic E-state index is 12.5. The lowest BCUT2D eigenvalue weighted by Gasteiger charge is -2.05. The van der Waals surface area contributed by atoms with Gasteiger partial charge in [0.2, 0.25) is 0 Å². The molecular formula is C17H17NO2S. The molecule has 0 radical (unpaired) electrons. The van der Waals surface area contributed by atoms with Crippen molar-refractivity contribution in [3.63, 3.8) is 0 Å². The van der Waals surface area contributed by atoms with Crippen LogP contribution in [0.3, 0.4) is 0 Å². The molecule has 3 aromatic rings. The van der Waals surface area contributed by atoms with Gasteiger partial charge in [0, 0.05) is 16.6 Å². The molecule has 0 saturated carbocycles. The molecule has 0 bridgehead atoms. The maximum Gasteiger partial charge on any atom is 0.183 e. The highest BCUT2D eigenvalue weighted by Gasteiger charge is 2.18. The molecule has 1 aromatic heterocycles. The van der Waals surface area contributed by atoms with Gasteiger partial charge < -0.3 is 4.98 Å². The minimum atomic E-state index is -3.33. The summed E-state index contributed by atoms with van der Waals surface area (Å²) in [4.78, 5) is 3.59. The zero-order valence-corrected chi connectivity index (χ0v) is 12.9. The lowest BCUT2D eigenvalue weighted by atomic mass is 10.2. The summed E-state index contributed by atoms with van der Waals surface area (Å²) in [5.74, 6) is -0.00340. The van der Waals surface area contributed by atoms with Gasteiger partial charge in [-0.25, -0.2) is 8.42 Å². The van der Waals surface area contributed by atoms with Crippen LogP contribution in [0.1, 0.15) is 16.8 Å². The molecule has 1 heterocycles. The number of hydrogen-bond acceptors (Lipinski definition) is 2. The molecule has 0 atom stereocenters. The number of fused-ring (bicyclic) bond motifs is 1. The molecule has 0 fully saturated rings. The molecule has 0 aliphatic heterocycles. The van der Waals surface area contributed by atoms with Crippen LogP contribution >= 0.6 is 0 Å². The maximum atomic E-state index is 12.5. The molecule has 0 spiro atoms. The van der Waals surface area contributed by atoms with E-state index in [0.717, 1.165) is 27.7 Å². The number of sulfone groups is 1. The van der Waals surface area contributed by atoms with Crippen LogP contribution in [-0.2, 0) is 15.6 Å². The minimum Gasteiger partial charge on any atom is -0.357 e. The molecule has 0 aliphatic rings. The van der Waals surface area contributed by atoms with Crippen LogP contribution in [0.2, 0.25) is 0 Å². The summed E-state index contributed by atoms with van der Waals surface area (Å²) in [6.45, 7) is 3.90. The average molecular weight is 299 g/mol. The summed E-state index contributed by atoms with van der Waals surface area (Å²) >= 11 is 0. The van der Waals surface area contributed by atoms with E-state index in [-0.39, 0.29) is 5.75 Å². The number of para-hydroxylation sites is 1. The normalized spacial score (nSPS) is 11.9. The first-order valence-corrected chi connectivity index (χ1v) is 8.48. The van der Waals surface area contributed by atoms with Crippen LogP contribution in [0.5, 0.6) is 0 Å². The molecule has 21 heavy (non-hydrogen) atoms. The molecule has 108 valence electrons. The van der Waals surface area contributed by atoms with Gasteiger partial charge in [-0.3, -0.25) is 0 Å². The quantitative estimate of drug-likeness (QED) is 0.800. The Morgan fingerprint density at radius 3 is 2.29 bits per heavy atom. The fourth-order valence-corrected chi connectivity index (χ4v) is 3.89. The number of hydrogen-bond donors (Lipinski definition) is 1. The highest BCUT2D eigenvalue weighted by molar-refractivity contribution is 7.90. The van der Waals surface area contributed by atoms with Crippen molar-refractivity contribution in [2.45, 2.75) is 24.5 Å². The molecule has 0 aliphatic carbocycles. The van der Waals surface area contributed by atoms with Crippen molar-refractivity contribution in [2.75, 3.05) is 0 Å². The second-order valence-electron chi connectivity index (χ2n) is 5.35. The Balaban J connectivity index is 2.01. The van der Waals surface area contributed by atoms with Gasteiger partial charge in [0.05, 0.1) is 10.6 Å². The van der Waals surface area contributed by atoms with Gasteiger partial charge in [-0.2, -0.15) is 0 Å². The molecular weight excluding hydrogens is 282 g/mol. The predicted octanol–water partition coefficient (Wildman–Crippen LogP) is 3.76. The first-order valence-electron chi connectivity index (χ1n) is 6.83. The van der Waals surface area contributed by atoms with Gasteiger partial charge >= 0.3 is 0 Å². The summed E-state index contributed by atoms with van der Waals surface area (Å²) in [6, 6.07) is 14.9. The molecule has 0 amide bonds. The molecule has 0 unspecified atom stereocenters. The number of aromatic nitrogens is 1. The molecule has 0 saturated heterocycles. The Hall–Kier alpha value is -2.07. The number of aryl methyl sites for hydroxylation is 2. The van der Waals surface area contributed by atoms with Crippen LogP contribution in [0, 0.1) is 13.8 Å². The fourth-order valence-electron chi connectivity index (χ4n) is 2.50. The van der Waals surface area contributed by atoms with Gasteiger partial charge in [-0.05, 0) is 37.6 Å². The summed E-state index contributed by atoms with van der Waals surface area (Å²) < 4.78 is 25.0. The Morgan fingerprint density at radius 1 is 0.952 bits per heavy atom. The number of nitrogens with one attached hydrogen (secondary N) is 1. The van der Waals surface area contributed by atoms with Crippen molar-refractivity contribution in [1.82, 2.24) is 4.98 Å². The standard InChI is InChI=1S/C17H17NO2S/c1-12-7-9-14(10-8-12)21(19,20)11-17-13(2)15-5-3-4-6-16(15)18-17/h3-10,18H,11H2,1-2H3. The van der Waals surface area contributed by atoms with E-state index >= 15 is 0 Å². The average Bonchev–Trinajstić information content (AvgIpc) is 2.76. The van der Waals surface area contributed by atoms with E-state index in [2.05, 4.69) is 4.98 Å². The number of benzene rings is 2. The summed E-state index contributed by atoms with van der Waals surface area (Å²) in [7, 11) is -3.33. The Kier molecular flexibility index (Phi) is 3.33. The smallest absolute Gasteiger partial charge is 0.183 e. The number of rotatable bonds is 3. The summed E-state index contributed by atoms with van der Waals surface area (Å²) in [6.07, 6.45) is 0. The van der Waals surface area contributed by atoms with E-state index in [0.29, 0.717) is 4.90 Å². The zero-order chi connectivity index (χ0) is 15.0. The third-order valence-electron chi connectivity index (χ3n) is 3.78. The van der Waals surface area contributed by atoms with Gasteiger partial charge in [-0.15, -0.1) is 0 Å². The Bertz CT molecular complexity index is 890. The van der Waals surface area contributed by atoms with Crippen molar-refractivity contribution in [2.24, 2.45) is 0 Å².